The van der Waals surface area contributed by atoms with Crippen molar-refractivity contribution in [3.05, 3.63) is 22.3 Å². The molecule has 1 N–H and O–H groups in total. The number of thioether (sulfide) groups is 1. The van der Waals surface area contributed by atoms with E-state index in [4.69, 9.17) is 23.2 Å². The second kappa shape index (κ2) is 7.25. The van der Waals surface area contributed by atoms with Crippen LogP contribution in [0.1, 0.15) is 20.3 Å². The molecule has 0 amide bonds. The van der Waals surface area contributed by atoms with Crippen molar-refractivity contribution >= 4 is 40.8 Å². The molecular formula is C11H16Cl2N2S. The molecule has 2 nitrogen and oxygen atoms in total. The summed E-state index contributed by atoms with van der Waals surface area (Å²) in [4.78, 5) is 4.16. The maximum Gasteiger partial charge on any atom is 0.145 e. The lowest BCUT2D eigenvalue weighted by Gasteiger charge is -2.15. The lowest BCUT2D eigenvalue weighted by molar-refractivity contribution is 0.766. The second-order valence-electron chi connectivity index (χ2n) is 3.51. The number of halogens is 2. The molecule has 1 unspecified atom stereocenters. The Hall–Kier alpha value is -0.120. The molecule has 5 heteroatoms. The van der Waals surface area contributed by atoms with Gasteiger partial charge in [-0.05, 0) is 30.9 Å². The van der Waals surface area contributed by atoms with Crippen LogP contribution in [0.3, 0.4) is 0 Å². The fourth-order valence-electron chi connectivity index (χ4n) is 1.23. The van der Waals surface area contributed by atoms with E-state index in [0.717, 1.165) is 17.9 Å². The Labute approximate surface area is 111 Å². The number of nitrogens with zero attached hydrogens (tertiary/aromatic N) is 1. The first-order chi connectivity index (χ1) is 7.63. The maximum atomic E-state index is 6.02. The van der Waals surface area contributed by atoms with Gasteiger partial charge in [0.25, 0.3) is 0 Å². The van der Waals surface area contributed by atoms with Gasteiger partial charge in [-0.1, -0.05) is 30.1 Å². The lowest BCUT2D eigenvalue weighted by Crippen LogP contribution is -2.17. The van der Waals surface area contributed by atoms with Gasteiger partial charge in [-0.3, -0.25) is 0 Å². The minimum Gasteiger partial charge on any atom is -0.366 e. The van der Waals surface area contributed by atoms with E-state index < -0.39 is 0 Å². The van der Waals surface area contributed by atoms with Crippen LogP contribution in [0.2, 0.25) is 10.0 Å². The average Bonchev–Trinajstić information content (AvgIpc) is 2.23. The number of anilines is 1. The van der Waals surface area contributed by atoms with E-state index in [0.29, 0.717) is 21.9 Å². The predicted molar refractivity (Wildman–Crippen MR) is 75.0 cm³/mol. The Morgan fingerprint density at radius 3 is 2.88 bits per heavy atom. The monoisotopic (exact) mass is 278 g/mol. The van der Waals surface area contributed by atoms with Crippen LogP contribution in [0, 0.1) is 0 Å². The van der Waals surface area contributed by atoms with Gasteiger partial charge < -0.3 is 5.32 Å². The van der Waals surface area contributed by atoms with Gasteiger partial charge in [0.05, 0.1) is 10.0 Å². The van der Waals surface area contributed by atoms with Crippen LogP contribution >= 0.6 is 35.0 Å². The van der Waals surface area contributed by atoms with Crippen LogP contribution in [0.4, 0.5) is 5.82 Å². The van der Waals surface area contributed by atoms with Gasteiger partial charge in [-0.15, -0.1) is 0 Å². The highest BCUT2D eigenvalue weighted by atomic mass is 35.5. The molecule has 0 saturated carbocycles. The van der Waals surface area contributed by atoms with Crippen LogP contribution in [-0.4, -0.2) is 22.5 Å². The van der Waals surface area contributed by atoms with Crippen LogP contribution in [0.15, 0.2) is 12.3 Å². The van der Waals surface area contributed by atoms with Crippen molar-refractivity contribution in [2.45, 2.75) is 26.3 Å². The number of rotatable bonds is 6. The quantitative estimate of drug-likeness (QED) is 0.784. The van der Waals surface area contributed by atoms with Crippen LogP contribution in [0.25, 0.3) is 0 Å². The van der Waals surface area contributed by atoms with Gasteiger partial charge in [0, 0.05) is 12.2 Å². The Morgan fingerprint density at radius 2 is 2.25 bits per heavy atom. The smallest absolute Gasteiger partial charge is 0.145 e. The summed E-state index contributed by atoms with van der Waals surface area (Å²) in [5, 5.41) is 4.41. The molecular weight excluding hydrogens is 263 g/mol. The van der Waals surface area contributed by atoms with Crippen LogP contribution in [0.5, 0.6) is 0 Å². The van der Waals surface area contributed by atoms with Crippen molar-refractivity contribution in [1.29, 1.82) is 0 Å². The summed E-state index contributed by atoms with van der Waals surface area (Å²) in [6.45, 7) is 4.29. The summed E-state index contributed by atoms with van der Waals surface area (Å²) in [6.07, 6.45) is 2.70. The highest BCUT2D eigenvalue weighted by Crippen LogP contribution is 2.23. The van der Waals surface area contributed by atoms with E-state index in [2.05, 4.69) is 24.1 Å². The standard InChI is InChI=1S/C11H16Cl2N2S/c1-3-16-5-4-8(2)15-11-10(13)6-9(12)7-14-11/h6-8H,3-5H2,1-2H3,(H,14,15). The first-order valence-electron chi connectivity index (χ1n) is 5.28. The van der Waals surface area contributed by atoms with E-state index in [1.807, 2.05) is 11.8 Å². The summed E-state index contributed by atoms with van der Waals surface area (Å²) in [5.74, 6) is 3.02. The van der Waals surface area contributed by atoms with E-state index in [1.54, 1.807) is 12.3 Å². The molecule has 1 aromatic heterocycles. The number of nitrogens with one attached hydrogen (secondary N) is 1. The summed E-state index contributed by atoms with van der Waals surface area (Å²) >= 11 is 13.7. The first-order valence-corrected chi connectivity index (χ1v) is 7.20. The van der Waals surface area contributed by atoms with E-state index in [-0.39, 0.29) is 0 Å². The molecule has 16 heavy (non-hydrogen) atoms. The van der Waals surface area contributed by atoms with Crippen LogP contribution < -0.4 is 5.32 Å². The Balaban J connectivity index is 2.46. The van der Waals surface area contributed by atoms with E-state index in [1.165, 1.54) is 0 Å². The van der Waals surface area contributed by atoms with Crippen molar-refractivity contribution in [2.75, 3.05) is 16.8 Å². The van der Waals surface area contributed by atoms with Crippen molar-refractivity contribution < 1.29 is 0 Å². The molecule has 1 aromatic rings. The number of hydrogen-bond donors (Lipinski definition) is 1. The molecule has 1 atom stereocenters. The summed E-state index contributed by atoms with van der Waals surface area (Å²) in [5.41, 5.74) is 0. The first kappa shape index (κ1) is 13.9. The molecule has 1 heterocycles. The van der Waals surface area contributed by atoms with E-state index >= 15 is 0 Å². The van der Waals surface area contributed by atoms with Gasteiger partial charge in [-0.25, -0.2) is 4.98 Å². The van der Waals surface area contributed by atoms with Crippen LogP contribution in [-0.2, 0) is 0 Å². The summed E-state index contributed by atoms with van der Waals surface area (Å²) in [6, 6.07) is 2.07. The van der Waals surface area contributed by atoms with Gasteiger partial charge >= 0.3 is 0 Å². The molecule has 0 aliphatic rings. The summed E-state index contributed by atoms with van der Waals surface area (Å²) in [7, 11) is 0. The SMILES string of the molecule is CCSCCC(C)Nc1ncc(Cl)cc1Cl. The topological polar surface area (TPSA) is 24.9 Å². The fraction of sp³-hybridized carbons (Fsp3) is 0.545. The Kier molecular flexibility index (Phi) is 6.32. The van der Waals surface area contributed by atoms with Crippen molar-refractivity contribution in [1.82, 2.24) is 4.98 Å². The van der Waals surface area contributed by atoms with Gasteiger partial charge in [-0.2, -0.15) is 11.8 Å². The molecule has 0 bridgehead atoms. The van der Waals surface area contributed by atoms with Crippen molar-refractivity contribution in [3.63, 3.8) is 0 Å². The zero-order valence-corrected chi connectivity index (χ0v) is 11.8. The second-order valence-corrected chi connectivity index (χ2v) is 5.75. The third kappa shape index (κ3) is 4.81. The highest BCUT2D eigenvalue weighted by Gasteiger charge is 2.06. The van der Waals surface area contributed by atoms with Crippen molar-refractivity contribution in [2.24, 2.45) is 0 Å². The molecule has 90 valence electrons. The molecule has 0 radical (unpaired) electrons. The van der Waals surface area contributed by atoms with E-state index in [9.17, 15) is 0 Å². The largest absolute Gasteiger partial charge is 0.366 e. The number of pyridine rings is 1. The number of aromatic nitrogens is 1. The zero-order chi connectivity index (χ0) is 12.0. The Bertz CT molecular complexity index is 334. The third-order valence-corrected chi connectivity index (χ3v) is 3.52. The molecule has 0 aliphatic carbocycles. The normalized spacial score (nSPS) is 12.5. The van der Waals surface area contributed by atoms with Crippen molar-refractivity contribution in [3.8, 4) is 0 Å². The maximum absolute atomic E-state index is 6.02. The van der Waals surface area contributed by atoms with Gasteiger partial charge in [0.1, 0.15) is 5.82 Å². The predicted octanol–water partition coefficient (Wildman–Crippen LogP) is 4.33. The molecule has 0 aromatic carbocycles. The average molecular weight is 279 g/mol. The highest BCUT2D eigenvalue weighted by molar-refractivity contribution is 7.99. The molecule has 0 fully saturated rings. The minimum absolute atomic E-state index is 0.366. The Morgan fingerprint density at radius 1 is 1.50 bits per heavy atom. The summed E-state index contributed by atoms with van der Waals surface area (Å²) < 4.78 is 0. The molecule has 1 rings (SSSR count). The molecule has 0 spiro atoms. The fourth-order valence-corrected chi connectivity index (χ4v) is 2.47. The van der Waals surface area contributed by atoms with Gasteiger partial charge in [0.2, 0.25) is 0 Å². The number of hydrogen-bond acceptors (Lipinski definition) is 3. The minimum atomic E-state index is 0.366. The van der Waals surface area contributed by atoms with Gasteiger partial charge in [0.15, 0.2) is 0 Å². The third-order valence-electron chi connectivity index (χ3n) is 2.09. The zero-order valence-electron chi connectivity index (χ0n) is 9.46. The lowest BCUT2D eigenvalue weighted by atomic mass is 10.2. The molecule has 0 aliphatic heterocycles. The molecule has 0 saturated heterocycles.